The minimum atomic E-state index is -0.717. The largest absolute Gasteiger partial charge is 0.448 e. The summed E-state index contributed by atoms with van der Waals surface area (Å²) in [6, 6.07) is 1.99. The number of benzene rings is 1. The second kappa shape index (κ2) is 7.77. The van der Waals surface area contributed by atoms with E-state index in [0.717, 1.165) is 18.7 Å². The van der Waals surface area contributed by atoms with Crippen molar-refractivity contribution in [1.82, 2.24) is 20.1 Å². The van der Waals surface area contributed by atoms with E-state index in [1.807, 2.05) is 0 Å². The number of fused-ring (bicyclic) bond motifs is 1. The van der Waals surface area contributed by atoms with E-state index in [2.05, 4.69) is 20.1 Å². The van der Waals surface area contributed by atoms with E-state index < -0.39 is 17.8 Å². The molecule has 1 atom stereocenters. The van der Waals surface area contributed by atoms with E-state index in [4.69, 9.17) is 4.42 Å². The van der Waals surface area contributed by atoms with Crippen LogP contribution >= 0.6 is 0 Å². The maximum Gasteiger partial charge on any atom is 0.255 e. The third kappa shape index (κ3) is 3.67. The molecule has 3 aliphatic heterocycles. The SMILES string of the molecule is O=C1CCC(N2Cc3c(cc(F)cc3N3CCN(Cc4ncco4)CC3)C2=O)C(=O)N1. The molecule has 0 saturated carbocycles. The summed E-state index contributed by atoms with van der Waals surface area (Å²) >= 11 is 0. The number of piperazine rings is 1. The molecule has 2 saturated heterocycles. The van der Waals surface area contributed by atoms with E-state index in [1.165, 1.54) is 17.0 Å². The molecule has 3 aliphatic rings. The van der Waals surface area contributed by atoms with Gasteiger partial charge >= 0.3 is 0 Å². The number of hydrogen-bond donors (Lipinski definition) is 1. The average molecular weight is 427 g/mol. The molecule has 162 valence electrons. The lowest BCUT2D eigenvalue weighted by molar-refractivity contribution is -0.136. The second-order valence-corrected chi connectivity index (χ2v) is 8.04. The number of piperidine rings is 1. The molecule has 0 spiro atoms. The number of oxazole rings is 1. The van der Waals surface area contributed by atoms with Gasteiger partial charge in [0.2, 0.25) is 17.7 Å². The van der Waals surface area contributed by atoms with Crippen molar-refractivity contribution >= 4 is 23.4 Å². The van der Waals surface area contributed by atoms with Gasteiger partial charge in [-0.1, -0.05) is 0 Å². The molecular weight excluding hydrogens is 405 g/mol. The Balaban J connectivity index is 1.34. The highest BCUT2D eigenvalue weighted by Gasteiger charge is 2.41. The Labute approximate surface area is 177 Å². The highest BCUT2D eigenvalue weighted by Crippen LogP contribution is 2.35. The smallest absolute Gasteiger partial charge is 0.255 e. The minimum absolute atomic E-state index is 0.185. The first-order chi connectivity index (χ1) is 15.0. The number of amides is 3. The number of nitrogens with zero attached hydrogens (tertiary/aromatic N) is 4. The van der Waals surface area contributed by atoms with Crippen LogP contribution in [0.25, 0.3) is 0 Å². The molecule has 3 amide bonds. The Kier molecular flexibility index (Phi) is 4.93. The van der Waals surface area contributed by atoms with Crippen molar-refractivity contribution in [3.05, 3.63) is 47.4 Å². The van der Waals surface area contributed by atoms with Gasteiger partial charge in [0.05, 0.1) is 12.7 Å². The van der Waals surface area contributed by atoms with Crippen LogP contribution in [-0.2, 0) is 22.7 Å². The van der Waals surface area contributed by atoms with Crippen LogP contribution in [0.5, 0.6) is 0 Å². The van der Waals surface area contributed by atoms with Crippen molar-refractivity contribution < 1.29 is 23.2 Å². The lowest BCUT2D eigenvalue weighted by Crippen LogP contribution is -2.52. The molecule has 0 radical (unpaired) electrons. The van der Waals surface area contributed by atoms with Crippen LogP contribution in [0.4, 0.5) is 10.1 Å². The number of anilines is 1. The van der Waals surface area contributed by atoms with Crippen LogP contribution in [-0.4, -0.2) is 64.7 Å². The Morgan fingerprint density at radius 1 is 1.16 bits per heavy atom. The highest BCUT2D eigenvalue weighted by molar-refractivity contribution is 6.06. The van der Waals surface area contributed by atoms with Crippen LogP contribution in [0.1, 0.15) is 34.7 Å². The van der Waals surface area contributed by atoms with Gasteiger partial charge in [0.25, 0.3) is 5.91 Å². The van der Waals surface area contributed by atoms with Gasteiger partial charge in [-0.05, 0) is 18.6 Å². The van der Waals surface area contributed by atoms with Crippen molar-refractivity contribution in [3.63, 3.8) is 0 Å². The molecule has 4 heterocycles. The van der Waals surface area contributed by atoms with Crippen molar-refractivity contribution in [2.24, 2.45) is 0 Å². The summed E-state index contributed by atoms with van der Waals surface area (Å²) in [5.74, 6) is -0.993. The first kappa shape index (κ1) is 19.7. The quantitative estimate of drug-likeness (QED) is 0.724. The zero-order valence-electron chi connectivity index (χ0n) is 16.8. The topological polar surface area (TPSA) is 99.0 Å². The van der Waals surface area contributed by atoms with Gasteiger partial charge in [0.15, 0.2) is 0 Å². The van der Waals surface area contributed by atoms with Crippen LogP contribution in [0, 0.1) is 5.82 Å². The van der Waals surface area contributed by atoms with Gasteiger partial charge in [-0.2, -0.15) is 0 Å². The van der Waals surface area contributed by atoms with Crippen molar-refractivity contribution in [2.45, 2.75) is 32.0 Å². The molecule has 1 aromatic heterocycles. The Hall–Kier alpha value is -3.27. The lowest BCUT2D eigenvalue weighted by Gasteiger charge is -2.36. The Bertz CT molecular complexity index is 1030. The summed E-state index contributed by atoms with van der Waals surface area (Å²) in [6.45, 7) is 3.68. The third-order valence-electron chi connectivity index (χ3n) is 6.15. The Morgan fingerprint density at radius 2 is 1.97 bits per heavy atom. The fourth-order valence-corrected chi connectivity index (χ4v) is 4.56. The number of nitrogens with one attached hydrogen (secondary N) is 1. The molecule has 9 nitrogen and oxygen atoms in total. The van der Waals surface area contributed by atoms with E-state index in [-0.39, 0.29) is 31.2 Å². The second-order valence-electron chi connectivity index (χ2n) is 8.04. The number of hydrogen-bond acceptors (Lipinski definition) is 7. The molecule has 1 unspecified atom stereocenters. The van der Waals surface area contributed by atoms with Crippen LogP contribution < -0.4 is 10.2 Å². The number of rotatable bonds is 4. The summed E-state index contributed by atoms with van der Waals surface area (Å²) in [5.41, 5.74) is 1.72. The van der Waals surface area contributed by atoms with E-state index >= 15 is 0 Å². The third-order valence-corrected chi connectivity index (χ3v) is 6.15. The summed E-state index contributed by atoms with van der Waals surface area (Å²) < 4.78 is 19.7. The van der Waals surface area contributed by atoms with Gasteiger partial charge in [-0.3, -0.25) is 24.6 Å². The van der Waals surface area contributed by atoms with Crippen LogP contribution in [0.3, 0.4) is 0 Å². The molecule has 1 N–H and O–H groups in total. The van der Waals surface area contributed by atoms with Gasteiger partial charge in [-0.25, -0.2) is 9.37 Å². The summed E-state index contributed by atoms with van der Waals surface area (Å²) in [6.07, 6.45) is 3.63. The highest BCUT2D eigenvalue weighted by atomic mass is 19.1. The zero-order chi connectivity index (χ0) is 21.5. The first-order valence-electron chi connectivity index (χ1n) is 10.3. The molecule has 0 aliphatic carbocycles. The molecule has 0 bridgehead atoms. The molecule has 5 rings (SSSR count). The summed E-state index contributed by atoms with van der Waals surface area (Å²) in [7, 11) is 0. The molecule has 31 heavy (non-hydrogen) atoms. The van der Waals surface area contributed by atoms with Crippen molar-refractivity contribution in [1.29, 1.82) is 0 Å². The predicted molar refractivity (Wildman–Crippen MR) is 106 cm³/mol. The molecule has 2 aromatic rings. The number of carbonyl (C=O) groups is 3. The van der Waals surface area contributed by atoms with E-state index in [0.29, 0.717) is 36.8 Å². The first-order valence-corrected chi connectivity index (χ1v) is 10.3. The summed E-state index contributed by atoms with van der Waals surface area (Å²) in [5, 5.41) is 2.29. The molecule has 1 aromatic carbocycles. The van der Waals surface area contributed by atoms with Crippen LogP contribution in [0.2, 0.25) is 0 Å². The van der Waals surface area contributed by atoms with E-state index in [9.17, 15) is 18.8 Å². The maximum atomic E-state index is 14.4. The summed E-state index contributed by atoms with van der Waals surface area (Å²) in [4.78, 5) is 46.6. The van der Waals surface area contributed by atoms with Crippen molar-refractivity contribution in [3.8, 4) is 0 Å². The van der Waals surface area contributed by atoms with Crippen molar-refractivity contribution in [2.75, 3.05) is 31.1 Å². The minimum Gasteiger partial charge on any atom is -0.448 e. The van der Waals surface area contributed by atoms with Gasteiger partial charge in [0, 0.05) is 56.0 Å². The number of imide groups is 1. The Morgan fingerprint density at radius 3 is 2.68 bits per heavy atom. The van der Waals surface area contributed by atoms with Gasteiger partial charge in [-0.15, -0.1) is 0 Å². The van der Waals surface area contributed by atoms with Gasteiger partial charge in [0.1, 0.15) is 18.1 Å². The van der Waals surface area contributed by atoms with Crippen LogP contribution in [0.15, 0.2) is 29.0 Å². The van der Waals surface area contributed by atoms with E-state index in [1.54, 1.807) is 12.5 Å². The fraction of sp³-hybridized carbons (Fsp3) is 0.429. The maximum absolute atomic E-state index is 14.4. The molecule has 2 fully saturated rings. The standard InChI is InChI=1S/C21H22FN5O4/c22-13-9-14-15(11-27(21(14)30)16-1-2-18(28)24-20(16)29)17(10-13)26-6-4-25(5-7-26)12-19-23-3-8-31-19/h3,8-10,16H,1-2,4-7,11-12H2,(H,24,28,29). The zero-order valence-corrected chi connectivity index (χ0v) is 16.8. The number of aromatic nitrogens is 1. The average Bonchev–Trinajstić information content (AvgIpc) is 3.37. The predicted octanol–water partition coefficient (Wildman–Crippen LogP) is 0.897. The normalized spacial score (nSPS) is 22.1. The fourth-order valence-electron chi connectivity index (χ4n) is 4.56. The van der Waals surface area contributed by atoms with Gasteiger partial charge < -0.3 is 14.2 Å². The monoisotopic (exact) mass is 427 g/mol. The molecule has 10 heteroatoms. The lowest BCUT2D eigenvalue weighted by atomic mass is 10.0. The number of halogens is 1. The molecular formula is C21H22FN5O4. The number of carbonyl (C=O) groups excluding carboxylic acids is 3.